The van der Waals surface area contributed by atoms with E-state index < -0.39 is 0 Å². The molecule has 0 saturated heterocycles. The molecule has 0 fully saturated rings. The molecule has 0 atom stereocenters. The van der Waals surface area contributed by atoms with E-state index in [1.165, 1.54) is 12.1 Å². The summed E-state index contributed by atoms with van der Waals surface area (Å²) in [5, 5.41) is 4.31. The number of nitrogens with zero attached hydrogens (tertiary/aromatic N) is 2. The topological polar surface area (TPSA) is 17.8 Å². The lowest BCUT2D eigenvalue weighted by Crippen LogP contribution is -1.95. The van der Waals surface area contributed by atoms with E-state index in [0.717, 1.165) is 25.9 Å². The first-order valence-electron chi connectivity index (χ1n) is 4.65. The Labute approximate surface area is 110 Å². The van der Waals surface area contributed by atoms with Gasteiger partial charge >= 0.3 is 0 Å². The maximum atomic E-state index is 13.0. The van der Waals surface area contributed by atoms with Gasteiger partial charge in [0.25, 0.3) is 0 Å². The zero-order valence-corrected chi connectivity index (χ0v) is 11.9. The van der Waals surface area contributed by atoms with E-state index in [-0.39, 0.29) is 5.82 Å². The van der Waals surface area contributed by atoms with Crippen molar-refractivity contribution in [1.29, 1.82) is 0 Å². The lowest BCUT2D eigenvalue weighted by atomic mass is 10.1. The molecular formula is C11H9Br2FN2. The van der Waals surface area contributed by atoms with Gasteiger partial charge < -0.3 is 0 Å². The molecule has 16 heavy (non-hydrogen) atoms. The summed E-state index contributed by atoms with van der Waals surface area (Å²) < 4.78 is 16.4. The number of halogens is 3. The molecular weight excluding hydrogens is 339 g/mol. The molecule has 0 N–H and O–H groups in total. The second-order valence-corrected chi connectivity index (χ2v) is 5.14. The van der Waals surface area contributed by atoms with Crippen LogP contribution in [0.15, 0.2) is 27.1 Å². The van der Waals surface area contributed by atoms with E-state index >= 15 is 0 Å². The van der Waals surface area contributed by atoms with Crippen LogP contribution in [-0.2, 0) is 7.05 Å². The van der Waals surface area contributed by atoms with E-state index in [1.807, 2.05) is 14.0 Å². The first-order chi connectivity index (χ1) is 7.50. The Hall–Kier alpha value is -0.680. The third-order valence-corrected chi connectivity index (χ3v) is 3.94. The van der Waals surface area contributed by atoms with Crippen molar-refractivity contribution in [2.75, 3.05) is 0 Å². The Kier molecular flexibility index (Phi) is 3.17. The molecule has 0 aliphatic heterocycles. The van der Waals surface area contributed by atoms with Gasteiger partial charge in [-0.15, -0.1) is 0 Å². The highest BCUT2D eigenvalue weighted by molar-refractivity contribution is 9.11. The normalized spacial score (nSPS) is 10.8. The summed E-state index contributed by atoms with van der Waals surface area (Å²) in [5.41, 5.74) is 2.76. The maximum absolute atomic E-state index is 13.0. The Bertz CT molecular complexity index is 549. The molecule has 84 valence electrons. The van der Waals surface area contributed by atoms with Crippen molar-refractivity contribution in [3.8, 4) is 11.3 Å². The molecule has 1 aromatic carbocycles. The van der Waals surface area contributed by atoms with Crippen LogP contribution in [-0.4, -0.2) is 9.78 Å². The van der Waals surface area contributed by atoms with Crippen LogP contribution in [0.5, 0.6) is 0 Å². The lowest BCUT2D eigenvalue weighted by Gasteiger charge is -2.06. The highest BCUT2D eigenvalue weighted by atomic mass is 79.9. The van der Waals surface area contributed by atoms with Gasteiger partial charge in [-0.25, -0.2) is 4.39 Å². The summed E-state index contributed by atoms with van der Waals surface area (Å²) in [5.74, 6) is -0.259. The van der Waals surface area contributed by atoms with Gasteiger partial charge in [0, 0.05) is 17.1 Å². The number of benzene rings is 1. The monoisotopic (exact) mass is 346 g/mol. The summed E-state index contributed by atoms with van der Waals surface area (Å²) in [6.45, 7) is 1.92. The zero-order chi connectivity index (χ0) is 11.9. The second-order valence-electron chi connectivity index (χ2n) is 3.50. The minimum absolute atomic E-state index is 0.259. The third kappa shape index (κ3) is 1.94. The molecule has 2 nitrogen and oxygen atoms in total. The molecule has 2 rings (SSSR count). The van der Waals surface area contributed by atoms with Crippen molar-refractivity contribution in [2.45, 2.75) is 6.92 Å². The van der Waals surface area contributed by atoms with Crippen molar-refractivity contribution in [3.05, 3.63) is 38.7 Å². The molecule has 2 aromatic rings. The third-order valence-electron chi connectivity index (χ3n) is 2.34. The largest absolute Gasteiger partial charge is 0.266 e. The summed E-state index contributed by atoms with van der Waals surface area (Å²) in [7, 11) is 1.86. The Morgan fingerprint density at radius 2 is 2.00 bits per heavy atom. The fraction of sp³-hybridized carbons (Fsp3) is 0.182. The Morgan fingerprint density at radius 1 is 1.31 bits per heavy atom. The lowest BCUT2D eigenvalue weighted by molar-refractivity contribution is 0.627. The molecule has 0 unspecified atom stereocenters. The van der Waals surface area contributed by atoms with Gasteiger partial charge in [0.2, 0.25) is 0 Å². The number of hydrogen-bond acceptors (Lipinski definition) is 1. The van der Waals surface area contributed by atoms with Crippen molar-refractivity contribution in [1.82, 2.24) is 9.78 Å². The molecule has 0 aliphatic rings. The minimum atomic E-state index is -0.259. The molecule has 5 heteroatoms. The summed E-state index contributed by atoms with van der Waals surface area (Å²) in [4.78, 5) is 0. The van der Waals surface area contributed by atoms with Crippen LogP contribution in [0, 0.1) is 12.7 Å². The summed E-state index contributed by atoms with van der Waals surface area (Å²) in [6, 6.07) is 4.62. The van der Waals surface area contributed by atoms with Crippen LogP contribution in [0.1, 0.15) is 5.69 Å². The smallest absolute Gasteiger partial charge is 0.124 e. The van der Waals surface area contributed by atoms with Gasteiger partial charge in [-0.3, -0.25) is 4.68 Å². The zero-order valence-electron chi connectivity index (χ0n) is 8.76. The Balaban J connectivity index is 2.67. The van der Waals surface area contributed by atoms with E-state index in [2.05, 4.69) is 37.0 Å². The van der Waals surface area contributed by atoms with Crippen LogP contribution in [0.2, 0.25) is 0 Å². The summed E-state index contributed by atoms with van der Waals surface area (Å²) in [6.07, 6.45) is 0. The van der Waals surface area contributed by atoms with Crippen LogP contribution >= 0.6 is 31.9 Å². The summed E-state index contributed by atoms with van der Waals surface area (Å²) >= 11 is 6.85. The number of rotatable bonds is 1. The Morgan fingerprint density at radius 3 is 2.50 bits per heavy atom. The predicted octanol–water partition coefficient (Wildman–Crippen LogP) is 4.06. The van der Waals surface area contributed by atoms with E-state index in [0.29, 0.717) is 0 Å². The van der Waals surface area contributed by atoms with Crippen LogP contribution in [0.25, 0.3) is 11.3 Å². The van der Waals surface area contributed by atoms with Crippen molar-refractivity contribution in [2.24, 2.45) is 7.05 Å². The quantitative estimate of drug-likeness (QED) is 0.760. The SMILES string of the molecule is Cc1nn(C)c(-c2ccc(F)cc2Br)c1Br. The van der Waals surface area contributed by atoms with Gasteiger partial charge in [-0.2, -0.15) is 5.10 Å². The first-order valence-corrected chi connectivity index (χ1v) is 6.24. The molecule has 1 heterocycles. The maximum Gasteiger partial charge on any atom is 0.124 e. The fourth-order valence-electron chi connectivity index (χ4n) is 1.61. The molecule has 0 aliphatic carbocycles. The van der Waals surface area contributed by atoms with E-state index in [4.69, 9.17) is 0 Å². The standard InChI is InChI=1S/C11H9Br2FN2/c1-6-10(13)11(16(2)15-6)8-4-3-7(14)5-9(8)12/h3-5H,1-2H3. The average Bonchev–Trinajstić information content (AvgIpc) is 2.43. The van der Waals surface area contributed by atoms with Crippen molar-refractivity contribution >= 4 is 31.9 Å². The number of aryl methyl sites for hydroxylation is 2. The van der Waals surface area contributed by atoms with Crippen molar-refractivity contribution in [3.63, 3.8) is 0 Å². The first kappa shape index (κ1) is 11.8. The highest BCUT2D eigenvalue weighted by Gasteiger charge is 2.15. The van der Waals surface area contributed by atoms with Crippen molar-refractivity contribution < 1.29 is 4.39 Å². The van der Waals surface area contributed by atoms with Gasteiger partial charge in [0.1, 0.15) is 5.82 Å². The number of hydrogen-bond donors (Lipinski definition) is 0. The van der Waals surface area contributed by atoms with Gasteiger partial charge in [-0.1, -0.05) is 0 Å². The highest BCUT2D eigenvalue weighted by Crippen LogP contribution is 2.35. The molecule has 0 saturated carbocycles. The number of aromatic nitrogens is 2. The molecule has 0 bridgehead atoms. The van der Waals surface area contributed by atoms with Gasteiger partial charge in [-0.05, 0) is 57.0 Å². The minimum Gasteiger partial charge on any atom is -0.266 e. The molecule has 0 amide bonds. The molecule has 0 radical (unpaired) electrons. The van der Waals surface area contributed by atoms with Crippen LogP contribution in [0.4, 0.5) is 4.39 Å². The average molecular weight is 348 g/mol. The molecule has 1 aromatic heterocycles. The second kappa shape index (κ2) is 4.30. The van der Waals surface area contributed by atoms with Crippen LogP contribution in [0.3, 0.4) is 0 Å². The van der Waals surface area contributed by atoms with Gasteiger partial charge in [0.05, 0.1) is 15.9 Å². The van der Waals surface area contributed by atoms with Gasteiger partial charge in [0.15, 0.2) is 0 Å². The fourth-order valence-corrected chi connectivity index (χ4v) is 2.69. The van der Waals surface area contributed by atoms with Crippen LogP contribution < -0.4 is 0 Å². The molecule has 0 spiro atoms. The predicted molar refractivity (Wildman–Crippen MR) is 68.7 cm³/mol. The van der Waals surface area contributed by atoms with E-state index in [1.54, 1.807) is 10.7 Å². The van der Waals surface area contributed by atoms with E-state index in [9.17, 15) is 4.39 Å².